The van der Waals surface area contributed by atoms with E-state index in [1.165, 1.54) is 0 Å². The SMILES string of the molecule is CCn1cccc1C(=O)NCC(=O)O. The van der Waals surface area contributed by atoms with Crippen LogP contribution in [0.3, 0.4) is 0 Å². The molecule has 76 valence electrons. The van der Waals surface area contributed by atoms with E-state index >= 15 is 0 Å². The van der Waals surface area contributed by atoms with Gasteiger partial charge in [0.05, 0.1) is 0 Å². The Morgan fingerprint density at radius 1 is 1.57 bits per heavy atom. The van der Waals surface area contributed by atoms with E-state index in [9.17, 15) is 9.59 Å². The van der Waals surface area contributed by atoms with Gasteiger partial charge in [0, 0.05) is 12.7 Å². The zero-order valence-corrected chi connectivity index (χ0v) is 7.86. The van der Waals surface area contributed by atoms with Gasteiger partial charge in [0.2, 0.25) is 0 Å². The quantitative estimate of drug-likeness (QED) is 0.728. The first-order valence-corrected chi connectivity index (χ1v) is 4.30. The van der Waals surface area contributed by atoms with Gasteiger partial charge in [0.1, 0.15) is 12.2 Å². The summed E-state index contributed by atoms with van der Waals surface area (Å²) in [6, 6.07) is 3.40. The molecule has 0 saturated carbocycles. The van der Waals surface area contributed by atoms with Crippen LogP contribution in [0.5, 0.6) is 0 Å². The van der Waals surface area contributed by atoms with Crippen LogP contribution in [0.1, 0.15) is 17.4 Å². The molecule has 0 saturated heterocycles. The number of aryl methyl sites for hydroxylation is 1. The predicted molar refractivity (Wildman–Crippen MR) is 50.1 cm³/mol. The lowest BCUT2D eigenvalue weighted by molar-refractivity contribution is -0.135. The fourth-order valence-corrected chi connectivity index (χ4v) is 1.14. The van der Waals surface area contributed by atoms with Crippen molar-refractivity contribution in [2.24, 2.45) is 0 Å². The first-order valence-electron chi connectivity index (χ1n) is 4.30. The van der Waals surface area contributed by atoms with E-state index in [1.807, 2.05) is 6.92 Å². The molecule has 1 rings (SSSR count). The van der Waals surface area contributed by atoms with E-state index in [2.05, 4.69) is 5.32 Å². The lowest BCUT2D eigenvalue weighted by Crippen LogP contribution is -2.30. The van der Waals surface area contributed by atoms with Crippen molar-refractivity contribution in [3.05, 3.63) is 24.0 Å². The molecule has 0 unspecified atom stereocenters. The number of carbonyl (C=O) groups is 2. The van der Waals surface area contributed by atoms with Crippen molar-refractivity contribution < 1.29 is 14.7 Å². The van der Waals surface area contributed by atoms with Gasteiger partial charge >= 0.3 is 5.97 Å². The van der Waals surface area contributed by atoms with Crippen molar-refractivity contribution in [1.29, 1.82) is 0 Å². The summed E-state index contributed by atoms with van der Waals surface area (Å²) in [5.41, 5.74) is 0.480. The van der Waals surface area contributed by atoms with Crippen LogP contribution in [0.15, 0.2) is 18.3 Å². The highest BCUT2D eigenvalue weighted by Gasteiger charge is 2.10. The number of hydrogen-bond acceptors (Lipinski definition) is 2. The molecular formula is C9H12N2O3. The summed E-state index contributed by atoms with van der Waals surface area (Å²) >= 11 is 0. The van der Waals surface area contributed by atoms with E-state index < -0.39 is 5.97 Å². The van der Waals surface area contributed by atoms with E-state index in [1.54, 1.807) is 22.9 Å². The maximum absolute atomic E-state index is 11.4. The lowest BCUT2D eigenvalue weighted by atomic mass is 10.4. The largest absolute Gasteiger partial charge is 0.480 e. The van der Waals surface area contributed by atoms with Gasteiger partial charge in [-0.25, -0.2) is 0 Å². The number of aromatic nitrogens is 1. The fourth-order valence-electron chi connectivity index (χ4n) is 1.14. The number of nitrogens with one attached hydrogen (secondary N) is 1. The Hall–Kier alpha value is -1.78. The molecule has 0 aliphatic carbocycles. The van der Waals surface area contributed by atoms with E-state index in [-0.39, 0.29) is 12.5 Å². The molecule has 0 bridgehead atoms. The molecule has 0 aliphatic heterocycles. The lowest BCUT2D eigenvalue weighted by Gasteiger charge is -2.05. The van der Waals surface area contributed by atoms with Gasteiger partial charge in [-0.05, 0) is 19.1 Å². The Morgan fingerprint density at radius 2 is 2.29 bits per heavy atom. The Labute approximate surface area is 81.3 Å². The van der Waals surface area contributed by atoms with Crippen LogP contribution in [0.2, 0.25) is 0 Å². The number of aliphatic carboxylic acids is 1. The Bertz CT molecular complexity index is 344. The van der Waals surface area contributed by atoms with Crippen molar-refractivity contribution in [2.45, 2.75) is 13.5 Å². The number of nitrogens with zero attached hydrogens (tertiary/aromatic N) is 1. The van der Waals surface area contributed by atoms with E-state index in [4.69, 9.17) is 5.11 Å². The van der Waals surface area contributed by atoms with Gasteiger partial charge < -0.3 is 15.0 Å². The van der Waals surface area contributed by atoms with Crippen LogP contribution in [0.25, 0.3) is 0 Å². The number of hydrogen-bond donors (Lipinski definition) is 2. The minimum Gasteiger partial charge on any atom is -0.480 e. The third-order valence-electron chi connectivity index (χ3n) is 1.80. The summed E-state index contributed by atoms with van der Waals surface area (Å²) < 4.78 is 1.75. The first kappa shape index (κ1) is 10.3. The second-order valence-corrected chi connectivity index (χ2v) is 2.76. The molecule has 1 heterocycles. The summed E-state index contributed by atoms with van der Waals surface area (Å²) in [4.78, 5) is 21.6. The Morgan fingerprint density at radius 3 is 2.86 bits per heavy atom. The minimum absolute atomic E-state index is 0.353. The molecule has 1 aromatic rings. The molecular weight excluding hydrogens is 184 g/mol. The van der Waals surface area contributed by atoms with E-state index in [0.29, 0.717) is 12.2 Å². The number of carboxylic acids is 1. The number of rotatable bonds is 4. The molecule has 1 aromatic heterocycles. The summed E-state index contributed by atoms with van der Waals surface area (Å²) in [5.74, 6) is -1.41. The van der Waals surface area contributed by atoms with Crippen molar-refractivity contribution in [1.82, 2.24) is 9.88 Å². The molecule has 2 N–H and O–H groups in total. The molecule has 0 aromatic carbocycles. The molecule has 1 amide bonds. The monoisotopic (exact) mass is 196 g/mol. The molecule has 14 heavy (non-hydrogen) atoms. The smallest absolute Gasteiger partial charge is 0.322 e. The third-order valence-corrected chi connectivity index (χ3v) is 1.80. The Kier molecular flexibility index (Phi) is 3.28. The topological polar surface area (TPSA) is 71.3 Å². The normalized spacial score (nSPS) is 9.79. The van der Waals surface area contributed by atoms with Crippen LogP contribution in [-0.2, 0) is 11.3 Å². The van der Waals surface area contributed by atoms with Crippen LogP contribution in [0.4, 0.5) is 0 Å². The zero-order valence-electron chi connectivity index (χ0n) is 7.86. The van der Waals surface area contributed by atoms with Gasteiger partial charge in [-0.1, -0.05) is 0 Å². The van der Waals surface area contributed by atoms with Crippen molar-refractivity contribution in [3.8, 4) is 0 Å². The van der Waals surface area contributed by atoms with Gasteiger partial charge in [0.15, 0.2) is 0 Å². The maximum Gasteiger partial charge on any atom is 0.322 e. The standard InChI is InChI=1S/C9H12N2O3/c1-2-11-5-3-4-7(11)9(14)10-6-8(12)13/h3-5H,2,6H2,1H3,(H,10,14)(H,12,13). The third kappa shape index (κ3) is 2.35. The van der Waals surface area contributed by atoms with Gasteiger partial charge in [-0.15, -0.1) is 0 Å². The second-order valence-electron chi connectivity index (χ2n) is 2.76. The number of amides is 1. The average molecular weight is 196 g/mol. The highest BCUT2D eigenvalue weighted by atomic mass is 16.4. The minimum atomic E-state index is -1.05. The summed E-state index contributed by atoms with van der Waals surface area (Å²) in [6.07, 6.45) is 1.77. The highest BCUT2D eigenvalue weighted by Crippen LogP contribution is 2.01. The van der Waals surface area contributed by atoms with Gasteiger partial charge in [0.25, 0.3) is 5.91 Å². The molecule has 5 nitrogen and oxygen atoms in total. The van der Waals surface area contributed by atoms with Crippen LogP contribution >= 0.6 is 0 Å². The molecule has 0 atom stereocenters. The highest BCUT2D eigenvalue weighted by molar-refractivity contribution is 5.94. The number of carboxylic acid groups (broad SMARTS) is 1. The van der Waals surface area contributed by atoms with E-state index in [0.717, 1.165) is 0 Å². The van der Waals surface area contributed by atoms with Gasteiger partial charge in [-0.3, -0.25) is 9.59 Å². The predicted octanol–water partition coefficient (Wildman–Crippen LogP) is 0.322. The van der Waals surface area contributed by atoms with Crippen molar-refractivity contribution in [3.63, 3.8) is 0 Å². The van der Waals surface area contributed by atoms with Gasteiger partial charge in [-0.2, -0.15) is 0 Å². The molecule has 5 heteroatoms. The maximum atomic E-state index is 11.4. The molecule has 0 spiro atoms. The zero-order chi connectivity index (χ0) is 10.6. The van der Waals surface area contributed by atoms with Crippen LogP contribution < -0.4 is 5.32 Å². The Balaban J connectivity index is 2.64. The van der Waals surface area contributed by atoms with Crippen LogP contribution in [-0.4, -0.2) is 28.1 Å². The summed E-state index contributed by atoms with van der Waals surface area (Å²) in [7, 11) is 0. The van der Waals surface area contributed by atoms with Crippen LogP contribution in [0, 0.1) is 0 Å². The molecule has 0 aliphatic rings. The average Bonchev–Trinajstić information content (AvgIpc) is 2.61. The van der Waals surface area contributed by atoms with Crippen molar-refractivity contribution in [2.75, 3.05) is 6.54 Å². The first-order chi connectivity index (χ1) is 6.65. The molecule has 0 fully saturated rings. The fraction of sp³-hybridized carbons (Fsp3) is 0.333. The summed E-state index contributed by atoms with van der Waals surface area (Å²) in [5, 5.41) is 10.7. The summed E-state index contributed by atoms with van der Waals surface area (Å²) in [6.45, 7) is 2.24. The number of carbonyl (C=O) groups excluding carboxylic acids is 1. The van der Waals surface area contributed by atoms with Crippen molar-refractivity contribution >= 4 is 11.9 Å². The molecule has 0 radical (unpaired) electrons. The second kappa shape index (κ2) is 4.45.